The molecule has 154 valence electrons. The van der Waals surface area contributed by atoms with E-state index < -0.39 is 0 Å². The third kappa shape index (κ3) is 7.50. The Balaban J connectivity index is 0.00000364. The van der Waals surface area contributed by atoms with Crippen LogP contribution in [-0.2, 0) is 18.4 Å². The van der Waals surface area contributed by atoms with Crippen molar-refractivity contribution in [2.75, 3.05) is 40.3 Å². The second kappa shape index (κ2) is 11.8. The zero-order valence-electron chi connectivity index (χ0n) is 16.4. The molecule has 1 aromatic heterocycles. The molecule has 7 nitrogen and oxygen atoms in total. The van der Waals surface area contributed by atoms with Gasteiger partial charge < -0.3 is 25.4 Å². The summed E-state index contributed by atoms with van der Waals surface area (Å²) >= 11 is 6.05. The largest absolute Gasteiger partial charge is 0.369 e. The number of amides is 1. The Morgan fingerprint density at radius 1 is 1.52 bits per heavy atom. The average molecular weight is 511 g/mol. The first-order chi connectivity index (χ1) is 12.4. The first-order valence-electron chi connectivity index (χ1n) is 9.15. The van der Waals surface area contributed by atoms with Crippen molar-refractivity contribution in [1.82, 2.24) is 19.7 Å². The van der Waals surface area contributed by atoms with Crippen LogP contribution in [0.1, 0.15) is 25.0 Å². The summed E-state index contributed by atoms with van der Waals surface area (Å²) in [6.45, 7) is 4.37. The van der Waals surface area contributed by atoms with Gasteiger partial charge in [-0.15, -0.1) is 24.0 Å². The van der Waals surface area contributed by atoms with E-state index in [0.717, 1.165) is 68.7 Å². The maximum absolute atomic E-state index is 11.4. The van der Waals surface area contributed by atoms with E-state index in [-0.39, 0.29) is 35.8 Å². The molecule has 0 radical (unpaired) electrons. The van der Waals surface area contributed by atoms with Gasteiger partial charge in [0.2, 0.25) is 5.91 Å². The molecule has 9 heteroatoms. The normalized spacial score (nSPS) is 18.1. The molecule has 1 aliphatic heterocycles. The van der Waals surface area contributed by atoms with Crippen LogP contribution in [0.2, 0.25) is 5.02 Å². The molecule has 1 aliphatic rings. The van der Waals surface area contributed by atoms with Gasteiger partial charge in [0.1, 0.15) is 0 Å². The lowest BCUT2D eigenvalue weighted by Crippen LogP contribution is -2.43. The molecule has 2 heterocycles. The molecule has 0 saturated carbocycles. The summed E-state index contributed by atoms with van der Waals surface area (Å²) in [6.07, 6.45) is 4.86. The molecule has 0 spiro atoms. The van der Waals surface area contributed by atoms with E-state index in [0.29, 0.717) is 0 Å². The number of aliphatic imine (C=N–C) groups is 1. The van der Waals surface area contributed by atoms with Crippen molar-refractivity contribution in [2.45, 2.75) is 25.8 Å². The second-order valence-electron chi connectivity index (χ2n) is 6.99. The molecule has 0 aromatic carbocycles. The quantitative estimate of drug-likeness (QED) is 0.254. The van der Waals surface area contributed by atoms with Crippen LogP contribution >= 0.6 is 35.6 Å². The molecule has 1 aromatic rings. The molecule has 3 N–H and O–H groups in total. The summed E-state index contributed by atoms with van der Waals surface area (Å²) in [4.78, 5) is 20.1. The number of aromatic nitrogens is 1. The number of piperidine rings is 1. The number of carbonyl (C=O) groups is 1. The van der Waals surface area contributed by atoms with Gasteiger partial charge in [-0.25, -0.2) is 0 Å². The zero-order valence-corrected chi connectivity index (χ0v) is 19.5. The Bertz CT molecular complexity index is 635. The highest BCUT2D eigenvalue weighted by atomic mass is 127. The highest BCUT2D eigenvalue weighted by Crippen LogP contribution is 2.16. The Morgan fingerprint density at radius 2 is 2.26 bits per heavy atom. The number of hydrogen-bond donors (Lipinski definition) is 2. The summed E-state index contributed by atoms with van der Waals surface area (Å²) < 4.78 is 2.03. The van der Waals surface area contributed by atoms with E-state index in [2.05, 4.69) is 20.1 Å². The number of likely N-dealkylation sites (tertiary alicyclic amines) is 1. The van der Waals surface area contributed by atoms with Crippen LogP contribution in [0.15, 0.2) is 17.3 Å². The minimum absolute atomic E-state index is 0. The number of guanidine groups is 1. The Hall–Kier alpha value is -1.000. The van der Waals surface area contributed by atoms with Gasteiger partial charge in [0.25, 0.3) is 0 Å². The SMILES string of the molecule is CN=C(NCCCN1CCCC(C(N)=O)C1)N(C)Cc1cc(Cl)cn1C.I. The smallest absolute Gasteiger partial charge is 0.221 e. The van der Waals surface area contributed by atoms with E-state index in [1.54, 1.807) is 7.05 Å². The fraction of sp³-hybridized carbons (Fsp3) is 0.667. The lowest BCUT2D eigenvalue weighted by atomic mass is 9.97. The topological polar surface area (TPSA) is 78.9 Å². The number of aryl methyl sites for hydroxylation is 1. The third-order valence-corrected chi connectivity index (χ3v) is 5.10. The summed E-state index contributed by atoms with van der Waals surface area (Å²) in [5.41, 5.74) is 6.57. The van der Waals surface area contributed by atoms with Gasteiger partial charge in [-0.05, 0) is 38.4 Å². The summed E-state index contributed by atoms with van der Waals surface area (Å²) in [6, 6.07) is 1.97. The van der Waals surface area contributed by atoms with Crippen LogP contribution in [0.25, 0.3) is 0 Å². The third-order valence-electron chi connectivity index (χ3n) is 4.89. The molecule has 1 saturated heterocycles. The lowest BCUT2D eigenvalue weighted by molar-refractivity contribution is -0.123. The molecule has 2 rings (SSSR count). The number of nitrogens with one attached hydrogen (secondary N) is 1. The van der Waals surface area contributed by atoms with Crippen molar-refractivity contribution in [1.29, 1.82) is 0 Å². The lowest BCUT2D eigenvalue weighted by Gasteiger charge is -2.31. The minimum Gasteiger partial charge on any atom is -0.369 e. The Morgan fingerprint density at radius 3 is 2.85 bits per heavy atom. The maximum atomic E-state index is 11.4. The standard InChI is InChI=1S/C18H31ClN6O.HI/c1-21-18(24(3)13-16-10-15(19)12-23(16)2)22-7-5-9-25-8-4-6-14(11-25)17(20)26;/h10,12,14H,4-9,11,13H2,1-3H3,(H2,20,26)(H,21,22);1H. The Labute approximate surface area is 184 Å². The number of halogens is 2. The van der Waals surface area contributed by atoms with Crippen molar-refractivity contribution in [3.05, 3.63) is 23.0 Å². The second-order valence-corrected chi connectivity index (χ2v) is 7.42. The molecule has 1 fully saturated rings. The van der Waals surface area contributed by atoms with E-state index in [9.17, 15) is 4.79 Å². The van der Waals surface area contributed by atoms with E-state index in [1.165, 1.54) is 0 Å². The molecule has 0 bridgehead atoms. The van der Waals surface area contributed by atoms with Gasteiger partial charge in [-0.2, -0.15) is 0 Å². The van der Waals surface area contributed by atoms with Crippen LogP contribution in [0.4, 0.5) is 0 Å². The van der Waals surface area contributed by atoms with Crippen molar-refractivity contribution in [3.8, 4) is 0 Å². The first-order valence-corrected chi connectivity index (χ1v) is 9.52. The predicted octanol–water partition coefficient (Wildman–Crippen LogP) is 1.89. The van der Waals surface area contributed by atoms with Gasteiger partial charge in [0, 0.05) is 46.1 Å². The predicted molar refractivity (Wildman–Crippen MR) is 122 cm³/mol. The van der Waals surface area contributed by atoms with Gasteiger partial charge >= 0.3 is 0 Å². The molecular formula is C18H32ClIN6O. The van der Waals surface area contributed by atoms with E-state index >= 15 is 0 Å². The number of carbonyl (C=O) groups excluding carboxylic acids is 1. The summed E-state index contributed by atoms with van der Waals surface area (Å²) in [5.74, 6) is 0.694. The number of primary amides is 1. The number of hydrogen-bond acceptors (Lipinski definition) is 3. The Kier molecular flexibility index (Phi) is 10.5. The fourth-order valence-corrected chi connectivity index (χ4v) is 3.69. The summed E-state index contributed by atoms with van der Waals surface area (Å²) in [7, 11) is 5.79. The van der Waals surface area contributed by atoms with Crippen LogP contribution in [0.5, 0.6) is 0 Å². The number of nitrogens with two attached hydrogens (primary N) is 1. The van der Waals surface area contributed by atoms with Gasteiger partial charge in [0.05, 0.1) is 17.5 Å². The maximum Gasteiger partial charge on any atom is 0.221 e. The highest BCUT2D eigenvalue weighted by Gasteiger charge is 2.23. The van der Waals surface area contributed by atoms with E-state index in [4.69, 9.17) is 17.3 Å². The van der Waals surface area contributed by atoms with Crippen molar-refractivity contribution >= 4 is 47.4 Å². The van der Waals surface area contributed by atoms with Crippen LogP contribution in [-0.4, -0.2) is 66.5 Å². The zero-order chi connectivity index (χ0) is 19.1. The average Bonchev–Trinajstić information content (AvgIpc) is 2.92. The number of rotatable bonds is 7. The van der Waals surface area contributed by atoms with Crippen molar-refractivity contribution < 1.29 is 4.79 Å². The van der Waals surface area contributed by atoms with Gasteiger partial charge in [-0.3, -0.25) is 9.79 Å². The fourth-order valence-electron chi connectivity index (χ4n) is 3.42. The van der Waals surface area contributed by atoms with Crippen LogP contribution in [0, 0.1) is 5.92 Å². The molecule has 1 atom stereocenters. The van der Waals surface area contributed by atoms with Gasteiger partial charge in [-0.1, -0.05) is 11.6 Å². The van der Waals surface area contributed by atoms with Crippen LogP contribution < -0.4 is 11.1 Å². The summed E-state index contributed by atoms with van der Waals surface area (Å²) in [5, 5.41) is 4.15. The number of nitrogens with zero attached hydrogens (tertiary/aromatic N) is 4. The van der Waals surface area contributed by atoms with Gasteiger partial charge in [0.15, 0.2) is 5.96 Å². The monoisotopic (exact) mass is 510 g/mol. The molecule has 0 aliphatic carbocycles. The molecule has 1 amide bonds. The van der Waals surface area contributed by atoms with Crippen molar-refractivity contribution in [2.24, 2.45) is 23.7 Å². The van der Waals surface area contributed by atoms with E-state index in [1.807, 2.05) is 30.9 Å². The molecule has 27 heavy (non-hydrogen) atoms. The van der Waals surface area contributed by atoms with Crippen molar-refractivity contribution in [3.63, 3.8) is 0 Å². The molecular weight excluding hydrogens is 479 g/mol. The highest BCUT2D eigenvalue weighted by molar-refractivity contribution is 14.0. The van der Waals surface area contributed by atoms with Crippen LogP contribution in [0.3, 0.4) is 0 Å². The minimum atomic E-state index is -0.171. The first kappa shape index (κ1) is 24.0. The molecule has 1 unspecified atom stereocenters.